The maximum absolute atomic E-state index is 12.6. The molecular formula is C21H18ClN3O5S. The highest BCUT2D eigenvalue weighted by Gasteiger charge is 2.19. The molecule has 0 saturated heterocycles. The van der Waals surface area contributed by atoms with Gasteiger partial charge in [-0.05, 0) is 56.3 Å². The van der Waals surface area contributed by atoms with E-state index < -0.39 is 10.0 Å². The molecule has 0 aliphatic heterocycles. The molecular weight excluding hydrogens is 442 g/mol. The monoisotopic (exact) mass is 459 g/mol. The van der Waals surface area contributed by atoms with Crippen molar-refractivity contribution >= 4 is 50.1 Å². The second-order valence-electron chi connectivity index (χ2n) is 6.98. The molecule has 0 fully saturated rings. The first-order valence-electron chi connectivity index (χ1n) is 9.24. The third-order valence-electron chi connectivity index (χ3n) is 4.80. The number of amides is 1. The molecule has 4 rings (SSSR count). The van der Waals surface area contributed by atoms with Crippen molar-refractivity contribution in [2.45, 2.75) is 25.2 Å². The van der Waals surface area contributed by atoms with Crippen LogP contribution < -0.4 is 10.0 Å². The van der Waals surface area contributed by atoms with Crippen molar-refractivity contribution in [1.29, 1.82) is 0 Å². The largest absolute Gasteiger partial charge is 0.464 e. The second kappa shape index (κ2) is 8.09. The van der Waals surface area contributed by atoms with Crippen LogP contribution in [0.5, 0.6) is 0 Å². The summed E-state index contributed by atoms with van der Waals surface area (Å²) in [5, 5.41) is 7.80. The molecule has 2 aromatic heterocycles. The van der Waals surface area contributed by atoms with Gasteiger partial charge in [0.25, 0.3) is 10.0 Å². The molecule has 0 aliphatic carbocycles. The maximum Gasteiger partial charge on any atom is 0.264 e. The van der Waals surface area contributed by atoms with Gasteiger partial charge in [-0.15, -0.1) is 0 Å². The van der Waals surface area contributed by atoms with Crippen LogP contribution in [0.25, 0.3) is 11.0 Å². The van der Waals surface area contributed by atoms with Crippen molar-refractivity contribution in [3.05, 3.63) is 70.6 Å². The minimum Gasteiger partial charge on any atom is -0.464 e. The number of fused-ring (bicyclic) bond motifs is 1. The summed E-state index contributed by atoms with van der Waals surface area (Å²) < 4.78 is 37.9. The third kappa shape index (κ3) is 4.42. The van der Waals surface area contributed by atoms with Gasteiger partial charge in [0.1, 0.15) is 5.58 Å². The molecule has 8 nitrogen and oxygen atoms in total. The summed E-state index contributed by atoms with van der Waals surface area (Å²) in [6, 6.07) is 11.0. The number of aryl methyl sites for hydroxylation is 1. The summed E-state index contributed by atoms with van der Waals surface area (Å²) in [5.41, 5.74) is 3.02. The molecule has 0 unspecified atom stereocenters. The van der Waals surface area contributed by atoms with Gasteiger partial charge in [0.2, 0.25) is 11.8 Å². The summed E-state index contributed by atoms with van der Waals surface area (Å²) in [5.74, 6) is -0.202. The zero-order chi connectivity index (χ0) is 22.2. The Hall–Kier alpha value is -3.30. The van der Waals surface area contributed by atoms with E-state index in [1.165, 1.54) is 30.5 Å². The molecule has 2 heterocycles. The smallest absolute Gasteiger partial charge is 0.264 e. The fourth-order valence-corrected chi connectivity index (χ4v) is 4.20. The molecule has 0 radical (unpaired) electrons. The Labute approximate surface area is 183 Å². The lowest BCUT2D eigenvalue weighted by molar-refractivity contribution is -0.115. The summed E-state index contributed by atoms with van der Waals surface area (Å²) in [7, 11) is -3.86. The first-order chi connectivity index (χ1) is 14.7. The summed E-state index contributed by atoms with van der Waals surface area (Å²) in [6.07, 6.45) is 1.61. The number of aromatic nitrogens is 1. The number of carbonyl (C=O) groups is 1. The van der Waals surface area contributed by atoms with Gasteiger partial charge in [0.05, 0.1) is 23.3 Å². The lowest BCUT2D eigenvalue weighted by Crippen LogP contribution is -2.15. The van der Waals surface area contributed by atoms with Gasteiger partial charge < -0.3 is 14.3 Å². The maximum atomic E-state index is 12.6. The van der Waals surface area contributed by atoms with Crippen LogP contribution in [0.3, 0.4) is 0 Å². The molecule has 2 N–H and O–H groups in total. The molecule has 0 aliphatic rings. The van der Waals surface area contributed by atoms with E-state index in [1.54, 1.807) is 32.0 Å². The van der Waals surface area contributed by atoms with Crippen molar-refractivity contribution < 1.29 is 22.2 Å². The Kier molecular flexibility index (Phi) is 5.47. The van der Waals surface area contributed by atoms with E-state index in [2.05, 4.69) is 15.2 Å². The van der Waals surface area contributed by atoms with Gasteiger partial charge in [-0.1, -0.05) is 16.8 Å². The number of nitrogens with zero attached hydrogens (tertiary/aromatic N) is 1. The predicted octanol–water partition coefficient (Wildman–Crippen LogP) is 4.67. The molecule has 0 atom stereocenters. The highest BCUT2D eigenvalue weighted by atomic mass is 35.5. The van der Waals surface area contributed by atoms with Gasteiger partial charge in [-0.25, -0.2) is 13.1 Å². The number of rotatable bonds is 6. The Morgan fingerprint density at radius 2 is 1.87 bits per heavy atom. The van der Waals surface area contributed by atoms with Crippen molar-refractivity contribution in [2.24, 2.45) is 0 Å². The minimum atomic E-state index is -3.86. The number of benzene rings is 2. The van der Waals surface area contributed by atoms with E-state index >= 15 is 0 Å². The van der Waals surface area contributed by atoms with Gasteiger partial charge in [-0.3, -0.25) is 4.79 Å². The number of hydrogen-bond acceptors (Lipinski definition) is 6. The Bertz CT molecular complexity index is 1370. The quantitative estimate of drug-likeness (QED) is 0.433. The predicted molar refractivity (Wildman–Crippen MR) is 117 cm³/mol. The average Bonchev–Trinajstić information content (AvgIpc) is 3.26. The van der Waals surface area contributed by atoms with Crippen LogP contribution in [0.1, 0.15) is 16.8 Å². The highest BCUT2D eigenvalue weighted by Crippen LogP contribution is 2.26. The number of sulfonamides is 1. The van der Waals surface area contributed by atoms with Crippen LogP contribution in [-0.2, 0) is 21.2 Å². The standard InChI is InChI=1S/C21H18ClN3O5S/c1-12-13(2)24-30-21(12)25-31(27,28)17-6-4-16(5-7-17)23-20(26)9-14-11-29-19-8-3-15(22)10-18(14)19/h3-8,10-11,25H,9H2,1-2H3,(H,23,26). The van der Waals surface area contributed by atoms with Crippen LogP contribution in [0.15, 0.2) is 62.6 Å². The van der Waals surface area contributed by atoms with E-state index in [-0.39, 0.29) is 23.1 Å². The van der Waals surface area contributed by atoms with Crippen molar-refractivity contribution in [2.75, 3.05) is 10.0 Å². The molecule has 0 bridgehead atoms. The summed E-state index contributed by atoms with van der Waals surface area (Å²) in [6.45, 7) is 3.43. The molecule has 1 amide bonds. The van der Waals surface area contributed by atoms with E-state index in [0.29, 0.717) is 33.1 Å². The van der Waals surface area contributed by atoms with E-state index in [1.807, 2.05) is 0 Å². The summed E-state index contributed by atoms with van der Waals surface area (Å²) in [4.78, 5) is 12.5. The lowest BCUT2D eigenvalue weighted by Gasteiger charge is -2.08. The topological polar surface area (TPSA) is 114 Å². The van der Waals surface area contributed by atoms with Crippen molar-refractivity contribution in [3.63, 3.8) is 0 Å². The van der Waals surface area contributed by atoms with Crippen LogP contribution in [0, 0.1) is 13.8 Å². The number of carbonyl (C=O) groups excluding carboxylic acids is 1. The zero-order valence-electron chi connectivity index (χ0n) is 16.6. The lowest BCUT2D eigenvalue weighted by atomic mass is 10.1. The van der Waals surface area contributed by atoms with Crippen molar-refractivity contribution in [3.8, 4) is 0 Å². The number of halogens is 1. The first kappa shape index (κ1) is 21.0. The Balaban J connectivity index is 1.44. The van der Waals surface area contributed by atoms with Gasteiger partial charge in [0.15, 0.2) is 0 Å². The SMILES string of the molecule is Cc1noc(NS(=O)(=O)c2ccc(NC(=O)Cc3coc4ccc(Cl)cc34)cc2)c1C. The van der Waals surface area contributed by atoms with Crippen LogP contribution in [-0.4, -0.2) is 19.5 Å². The molecule has 0 saturated carbocycles. The van der Waals surface area contributed by atoms with Gasteiger partial charge in [0, 0.05) is 27.2 Å². The van der Waals surface area contributed by atoms with Crippen LogP contribution >= 0.6 is 11.6 Å². The fraction of sp³-hybridized carbons (Fsp3) is 0.143. The average molecular weight is 460 g/mol. The van der Waals surface area contributed by atoms with Crippen LogP contribution in [0.4, 0.5) is 11.6 Å². The molecule has 160 valence electrons. The highest BCUT2D eigenvalue weighted by molar-refractivity contribution is 7.92. The molecule has 31 heavy (non-hydrogen) atoms. The number of furan rings is 1. The first-order valence-corrected chi connectivity index (χ1v) is 11.1. The van der Waals surface area contributed by atoms with E-state index in [4.69, 9.17) is 20.5 Å². The summed E-state index contributed by atoms with van der Waals surface area (Å²) >= 11 is 6.02. The second-order valence-corrected chi connectivity index (χ2v) is 9.10. The number of anilines is 2. The minimum absolute atomic E-state index is 0.0226. The Morgan fingerprint density at radius 1 is 1.13 bits per heavy atom. The van der Waals surface area contributed by atoms with E-state index in [0.717, 1.165) is 5.39 Å². The Morgan fingerprint density at radius 3 is 2.55 bits per heavy atom. The fourth-order valence-electron chi connectivity index (χ4n) is 2.98. The molecule has 4 aromatic rings. The number of nitrogens with one attached hydrogen (secondary N) is 2. The molecule has 10 heteroatoms. The molecule has 2 aromatic carbocycles. The van der Waals surface area contributed by atoms with Crippen LogP contribution in [0.2, 0.25) is 5.02 Å². The van der Waals surface area contributed by atoms with Crippen molar-refractivity contribution in [1.82, 2.24) is 5.16 Å². The van der Waals surface area contributed by atoms with Gasteiger partial charge >= 0.3 is 0 Å². The van der Waals surface area contributed by atoms with Gasteiger partial charge in [-0.2, -0.15) is 0 Å². The molecule has 0 spiro atoms. The normalized spacial score (nSPS) is 11.6. The third-order valence-corrected chi connectivity index (χ3v) is 6.38. The van der Waals surface area contributed by atoms with E-state index in [9.17, 15) is 13.2 Å². The zero-order valence-corrected chi connectivity index (χ0v) is 18.2. The number of hydrogen-bond donors (Lipinski definition) is 2.